The largest absolute Gasteiger partial charge is 0.355 e. The summed E-state index contributed by atoms with van der Waals surface area (Å²) in [5, 5.41) is 10.9. The van der Waals surface area contributed by atoms with Gasteiger partial charge in [-0.15, -0.1) is 10.2 Å². The van der Waals surface area contributed by atoms with Crippen LogP contribution in [0.2, 0.25) is 0 Å². The van der Waals surface area contributed by atoms with E-state index in [-0.39, 0.29) is 11.8 Å². The van der Waals surface area contributed by atoms with Crippen LogP contribution in [0.1, 0.15) is 26.7 Å². The third-order valence-corrected chi connectivity index (χ3v) is 2.86. The highest BCUT2D eigenvalue weighted by Gasteiger charge is 2.14. The molecule has 2 rings (SSSR count). The van der Waals surface area contributed by atoms with Crippen molar-refractivity contribution in [1.29, 1.82) is 0 Å². The number of rotatable bonds is 3. The number of carbonyl (C=O) groups excluding carboxylic acids is 1. The van der Waals surface area contributed by atoms with Gasteiger partial charge < -0.3 is 10.2 Å². The number of amides is 1. The molecule has 5 nitrogen and oxygen atoms in total. The zero-order valence-electron chi connectivity index (χ0n) is 10.3. The van der Waals surface area contributed by atoms with Gasteiger partial charge in [-0.1, -0.05) is 13.8 Å². The summed E-state index contributed by atoms with van der Waals surface area (Å²) < 4.78 is 0. The highest BCUT2D eigenvalue weighted by atomic mass is 16.1. The molecule has 1 aliphatic rings. The van der Waals surface area contributed by atoms with Crippen molar-refractivity contribution in [2.45, 2.75) is 26.7 Å². The van der Waals surface area contributed by atoms with Crippen LogP contribution in [0.25, 0.3) is 0 Å². The molecule has 0 aliphatic carbocycles. The molecule has 0 spiro atoms. The van der Waals surface area contributed by atoms with Crippen LogP contribution in [0.15, 0.2) is 12.1 Å². The second-order valence-electron chi connectivity index (χ2n) is 4.61. The third kappa shape index (κ3) is 2.93. The smallest absolute Gasteiger partial charge is 0.228 e. The van der Waals surface area contributed by atoms with Gasteiger partial charge in [-0.2, -0.15) is 0 Å². The first-order valence-electron chi connectivity index (χ1n) is 6.06. The molecule has 0 saturated carbocycles. The second kappa shape index (κ2) is 5.12. The van der Waals surface area contributed by atoms with Crippen molar-refractivity contribution in [3.05, 3.63) is 12.1 Å². The molecule has 1 aliphatic heterocycles. The summed E-state index contributed by atoms with van der Waals surface area (Å²) in [6, 6.07) is 3.72. The average molecular weight is 234 g/mol. The number of hydrogen-bond acceptors (Lipinski definition) is 4. The molecule has 0 radical (unpaired) electrons. The number of aromatic nitrogens is 2. The molecule has 1 fully saturated rings. The van der Waals surface area contributed by atoms with Gasteiger partial charge in [0.1, 0.15) is 0 Å². The molecule has 5 heteroatoms. The third-order valence-electron chi connectivity index (χ3n) is 2.86. The Morgan fingerprint density at radius 3 is 2.53 bits per heavy atom. The van der Waals surface area contributed by atoms with E-state index in [0.29, 0.717) is 5.82 Å². The highest BCUT2D eigenvalue weighted by Crippen LogP contribution is 2.17. The van der Waals surface area contributed by atoms with Crippen LogP contribution < -0.4 is 10.2 Å². The Kier molecular flexibility index (Phi) is 3.56. The Bertz CT molecular complexity index is 382. The first-order valence-corrected chi connectivity index (χ1v) is 6.06. The SMILES string of the molecule is CC(C)C(=O)Nc1ccc(N2CCCC2)nn1. The van der Waals surface area contributed by atoms with Crippen LogP contribution in [0, 0.1) is 5.92 Å². The summed E-state index contributed by atoms with van der Waals surface area (Å²) in [6.07, 6.45) is 2.43. The zero-order chi connectivity index (χ0) is 12.3. The fraction of sp³-hybridized carbons (Fsp3) is 0.583. The van der Waals surface area contributed by atoms with E-state index in [1.54, 1.807) is 6.07 Å². The lowest BCUT2D eigenvalue weighted by Crippen LogP contribution is -2.21. The van der Waals surface area contributed by atoms with Gasteiger partial charge in [0.25, 0.3) is 0 Å². The van der Waals surface area contributed by atoms with Gasteiger partial charge in [-0.05, 0) is 25.0 Å². The lowest BCUT2D eigenvalue weighted by atomic mass is 10.2. The van der Waals surface area contributed by atoms with E-state index in [9.17, 15) is 4.79 Å². The molecule has 17 heavy (non-hydrogen) atoms. The summed E-state index contributed by atoms with van der Waals surface area (Å²) in [6.45, 7) is 5.79. The Morgan fingerprint density at radius 2 is 2.00 bits per heavy atom. The van der Waals surface area contributed by atoms with E-state index in [2.05, 4.69) is 20.4 Å². The number of carbonyl (C=O) groups is 1. The molecular formula is C12H18N4O. The van der Waals surface area contributed by atoms with E-state index in [0.717, 1.165) is 18.9 Å². The van der Waals surface area contributed by atoms with E-state index < -0.39 is 0 Å². The van der Waals surface area contributed by atoms with Crippen molar-refractivity contribution >= 4 is 17.5 Å². The minimum Gasteiger partial charge on any atom is -0.355 e. The Labute approximate surface area is 101 Å². The Morgan fingerprint density at radius 1 is 1.29 bits per heavy atom. The van der Waals surface area contributed by atoms with Crippen LogP contribution >= 0.6 is 0 Å². The molecule has 0 unspecified atom stereocenters. The van der Waals surface area contributed by atoms with Crippen molar-refractivity contribution in [1.82, 2.24) is 10.2 Å². The molecule has 92 valence electrons. The number of nitrogens with one attached hydrogen (secondary N) is 1. The van der Waals surface area contributed by atoms with Crippen molar-refractivity contribution < 1.29 is 4.79 Å². The van der Waals surface area contributed by atoms with Crippen LogP contribution in [-0.4, -0.2) is 29.2 Å². The molecule has 1 aromatic heterocycles. The maximum absolute atomic E-state index is 11.5. The van der Waals surface area contributed by atoms with Crippen molar-refractivity contribution in [2.24, 2.45) is 5.92 Å². The molecular weight excluding hydrogens is 216 g/mol. The van der Waals surface area contributed by atoms with E-state index in [1.165, 1.54) is 12.8 Å². The predicted octanol–water partition coefficient (Wildman–Crippen LogP) is 1.67. The summed E-state index contributed by atoms with van der Waals surface area (Å²) in [5.41, 5.74) is 0. The van der Waals surface area contributed by atoms with Crippen LogP contribution in [-0.2, 0) is 4.79 Å². The minimum atomic E-state index is -0.0462. The number of anilines is 2. The highest BCUT2D eigenvalue weighted by molar-refractivity contribution is 5.91. The van der Waals surface area contributed by atoms with Gasteiger partial charge in [-0.3, -0.25) is 4.79 Å². The van der Waals surface area contributed by atoms with Gasteiger partial charge in [0.05, 0.1) is 0 Å². The predicted molar refractivity (Wildman–Crippen MR) is 66.9 cm³/mol. The topological polar surface area (TPSA) is 58.1 Å². The van der Waals surface area contributed by atoms with Crippen LogP contribution in [0.4, 0.5) is 11.6 Å². The molecule has 1 amide bonds. The van der Waals surface area contributed by atoms with Gasteiger partial charge in [0.2, 0.25) is 5.91 Å². The first-order chi connectivity index (χ1) is 8.16. The number of nitrogens with zero attached hydrogens (tertiary/aromatic N) is 3. The summed E-state index contributed by atoms with van der Waals surface area (Å²) in [4.78, 5) is 13.7. The van der Waals surface area contributed by atoms with Crippen molar-refractivity contribution in [3.8, 4) is 0 Å². The van der Waals surface area contributed by atoms with E-state index in [4.69, 9.17) is 0 Å². The van der Waals surface area contributed by atoms with Gasteiger partial charge in [0, 0.05) is 19.0 Å². The summed E-state index contributed by atoms with van der Waals surface area (Å²) in [5.74, 6) is 1.33. The van der Waals surface area contributed by atoms with Crippen molar-refractivity contribution in [3.63, 3.8) is 0 Å². The summed E-state index contributed by atoms with van der Waals surface area (Å²) >= 11 is 0. The van der Waals surface area contributed by atoms with Gasteiger partial charge in [-0.25, -0.2) is 0 Å². The lowest BCUT2D eigenvalue weighted by molar-refractivity contribution is -0.118. The van der Waals surface area contributed by atoms with E-state index >= 15 is 0 Å². The molecule has 1 aromatic rings. The fourth-order valence-corrected chi connectivity index (χ4v) is 1.78. The monoisotopic (exact) mass is 234 g/mol. The maximum Gasteiger partial charge on any atom is 0.228 e. The van der Waals surface area contributed by atoms with Crippen LogP contribution in [0.5, 0.6) is 0 Å². The molecule has 1 saturated heterocycles. The number of hydrogen-bond donors (Lipinski definition) is 1. The molecule has 1 N–H and O–H groups in total. The average Bonchev–Trinajstić information content (AvgIpc) is 2.83. The quantitative estimate of drug-likeness (QED) is 0.864. The molecule has 0 atom stereocenters. The molecule has 2 heterocycles. The van der Waals surface area contributed by atoms with Gasteiger partial charge >= 0.3 is 0 Å². The fourth-order valence-electron chi connectivity index (χ4n) is 1.78. The van der Waals surface area contributed by atoms with E-state index in [1.807, 2.05) is 19.9 Å². The van der Waals surface area contributed by atoms with Crippen LogP contribution in [0.3, 0.4) is 0 Å². The Hall–Kier alpha value is -1.65. The minimum absolute atomic E-state index is 0.0341. The maximum atomic E-state index is 11.5. The van der Waals surface area contributed by atoms with Crippen molar-refractivity contribution in [2.75, 3.05) is 23.3 Å². The Balaban J connectivity index is 2.00. The normalized spacial score (nSPS) is 15.4. The summed E-state index contributed by atoms with van der Waals surface area (Å²) in [7, 11) is 0. The second-order valence-corrected chi connectivity index (χ2v) is 4.61. The first kappa shape index (κ1) is 11.8. The lowest BCUT2D eigenvalue weighted by Gasteiger charge is -2.15. The molecule has 0 bridgehead atoms. The zero-order valence-corrected chi connectivity index (χ0v) is 10.3. The van der Waals surface area contributed by atoms with Gasteiger partial charge in [0.15, 0.2) is 11.6 Å². The molecule has 0 aromatic carbocycles. The standard InChI is InChI=1S/C12H18N4O/c1-9(2)12(17)13-10-5-6-11(15-14-10)16-7-3-4-8-16/h5-6,9H,3-4,7-8H2,1-2H3,(H,13,14,17).